The lowest BCUT2D eigenvalue weighted by atomic mass is 10.1. The number of rotatable bonds is 5. The molecule has 0 aromatic heterocycles. The van der Waals surface area contributed by atoms with E-state index in [1.54, 1.807) is 6.07 Å². The van der Waals surface area contributed by atoms with Crippen molar-refractivity contribution in [1.29, 1.82) is 0 Å². The van der Waals surface area contributed by atoms with Crippen molar-refractivity contribution in [2.75, 3.05) is 6.54 Å². The lowest BCUT2D eigenvalue weighted by Crippen LogP contribution is -2.06. The molecule has 2 rings (SSSR count). The first-order valence-electron chi connectivity index (χ1n) is 6.46. The molecule has 106 valence electrons. The maximum atomic E-state index is 6.14. The number of benzene rings is 2. The summed E-state index contributed by atoms with van der Waals surface area (Å²) in [6, 6.07) is 11.5. The molecule has 2 aromatic rings. The summed E-state index contributed by atoms with van der Waals surface area (Å²) >= 11 is 12.0. The Balaban J connectivity index is 2.14. The average molecular weight is 310 g/mol. The Bertz CT molecular complexity index is 599. The van der Waals surface area contributed by atoms with Gasteiger partial charge in [-0.25, -0.2) is 0 Å². The fourth-order valence-corrected chi connectivity index (χ4v) is 2.46. The van der Waals surface area contributed by atoms with Gasteiger partial charge in [-0.1, -0.05) is 47.0 Å². The lowest BCUT2D eigenvalue weighted by Gasteiger charge is -2.13. The molecule has 0 atom stereocenters. The van der Waals surface area contributed by atoms with E-state index in [0.29, 0.717) is 23.2 Å². The zero-order valence-electron chi connectivity index (χ0n) is 11.3. The Labute approximate surface area is 129 Å². The molecule has 0 fully saturated rings. The fraction of sp³-hybridized carbons (Fsp3) is 0.250. The SMILES string of the molecule is Cc1ccc(OCc2ccc(Cl)cc2Cl)c(CCN)c1. The van der Waals surface area contributed by atoms with E-state index in [1.165, 1.54) is 5.56 Å². The van der Waals surface area contributed by atoms with Crippen LogP contribution in [0, 0.1) is 6.92 Å². The zero-order chi connectivity index (χ0) is 14.5. The van der Waals surface area contributed by atoms with Gasteiger partial charge in [-0.05, 0) is 43.7 Å². The smallest absolute Gasteiger partial charge is 0.123 e. The molecule has 0 bridgehead atoms. The van der Waals surface area contributed by atoms with Crippen molar-refractivity contribution in [3.8, 4) is 5.75 Å². The van der Waals surface area contributed by atoms with Gasteiger partial charge >= 0.3 is 0 Å². The van der Waals surface area contributed by atoms with E-state index in [0.717, 1.165) is 23.3 Å². The molecule has 0 aliphatic rings. The van der Waals surface area contributed by atoms with Gasteiger partial charge in [0.2, 0.25) is 0 Å². The van der Waals surface area contributed by atoms with Gasteiger partial charge in [0.05, 0.1) is 0 Å². The van der Waals surface area contributed by atoms with E-state index < -0.39 is 0 Å². The first-order valence-corrected chi connectivity index (χ1v) is 7.22. The third kappa shape index (κ3) is 3.89. The Morgan fingerprint density at radius 2 is 1.85 bits per heavy atom. The zero-order valence-corrected chi connectivity index (χ0v) is 12.8. The summed E-state index contributed by atoms with van der Waals surface area (Å²) in [4.78, 5) is 0. The van der Waals surface area contributed by atoms with Crippen molar-refractivity contribution in [3.05, 3.63) is 63.1 Å². The van der Waals surface area contributed by atoms with Gasteiger partial charge in [-0.15, -0.1) is 0 Å². The third-order valence-corrected chi connectivity index (χ3v) is 3.61. The van der Waals surface area contributed by atoms with Crippen LogP contribution in [0.25, 0.3) is 0 Å². The van der Waals surface area contributed by atoms with Crippen LogP contribution in [0.3, 0.4) is 0 Å². The van der Waals surface area contributed by atoms with Gasteiger partial charge in [0.1, 0.15) is 12.4 Å². The van der Waals surface area contributed by atoms with Crippen LogP contribution in [-0.4, -0.2) is 6.54 Å². The molecule has 4 heteroatoms. The van der Waals surface area contributed by atoms with Crippen LogP contribution < -0.4 is 10.5 Å². The predicted molar refractivity (Wildman–Crippen MR) is 84.7 cm³/mol. The van der Waals surface area contributed by atoms with Crippen molar-refractivity contribution in [3.63, 3.8) is 0 Å². The standard InChI is InChI=1S/C16H17Cl2NO/c1-11-2-5-16(12(8-11)6-7-19)20-10-13-3-4-14(17)9-15(13)18/h2-5,8-9H,6-7,10,19H2,1H3. The van der Waals surface area contributed by atoms with E-state index in [9.17, 15) is 0 Å². The molecular weight excluding hydrogens is 293 g/mol. The quantitative estimate of drug-likeness (QED) is 0.889. The first kappa shape index (κ1) is 15.2. The molecule has 0 radical (unpaired) electrons. The summed E-state index contributed by atoms with van der Waals surface area (Å²) in [5.74, 6) is 0.854. The number of nitrogens with two attached hydrogens (primary N) is 1. The number of hydrogen-bond donors (Lipinski definition) is 1. The summed E-state index contributed by atoms with van der Waals surface area (Å²) in [6.07, 6.45) is 0.797. The molecule has 0 aliphatic carbocycles. The van der Waals surface area contributed by atoms with Crippen molar-refractivity contribution in [2.24, 2.45) is 5.73 Å². The first-order chi connectivity index (χ1) is 9.60. The molecular formula is C16H17Cl2NO. The molecule has 0 saturated carbocycles. The molecule has 0 unspecified atom stereocenters. The maximum absolute atomic E-state index is 6.14. The van der Waals surface area contributed by atoms with Crippen molar-refractivity contribution >= 4 is 23.2 Å². The van der Waals surface area contributed by atoms with Gasteiger partial charge in [-0.2, -0.15) is 0 Å². The maximum Gasteiger partial charge on any atom is 0.123 e. The largest absolute Gasteiger partial charge is 0.489 e. The van der Waals surface area contributed by atoms with Gasteiger partial charge in [-0.3, -0.25) is 0 Å². The molecule has 0 amide bonds. The summed E-state index contributed by atoms with van der Waals surface area (Å²) in [5, 5.41) is 1.24. The van der Waals surface area contributed by atoms with Crippen LogP contribution in [-0.2, 0) is 13.0 Å². The molecule has 20 heavy (non-hydrogen) atoms. The second kappa shape index (κ2) is 6.98. The fourth-order valence-electron chi connectivity index (χ4n) is 1.99. The van der Waals surface area contributed by atoms with E-state index in [2.05, 4.69) is 13.0 Å². The highest BCUT2D eigenvalue weighted by Crippen LogP contribution is 2.25. The van der Waals surface area contributed by atoms with Crippen LogP contribution in [0.5, 0.6) is 5.75 Å². The Kier molecular flexibility index (Phi) is 5.30. The second-order valence-electron chi connectivity index (χ2n) is 4.67. The van der Waals surface area contributed by atoms with Gasteiger partial charge in [0.25, 0.3) is 0 Å². The van der Waals surface area contributed by atoms with E-state index in [4.69, 9.17) is 33.7 Å². The Hall–Kier alpha value is -1.22. The number of aryl methyl sites for hydroxylation is 1. The second-order valence-corrected chi connectivity index (χ2v) is 5.52. The molecule has 0 aliphatic heterocycles. The average Bonchev–Trinajstić information content (AvgIpc) is 2.40. The minimum Gasteiger partial charge on any atom is -0.489 e. The highest BCUT2D eigenvalue weighted by molar-refractivity contribution is 6.35. The van der Waals surface area contributed by atoms with Crippen molar-refractivity contribution < 1.29 is 4.74 Å². The monoisotopic (exact) mass is 309 g/mol. The normalized spacial score (nSPS) is 10.6. The Morgan fingerprint density at radius 1 is 1.05 bits per heavy atom. The molecule has 0 saturated heterocycles. The van der Waals surface area contributed by atoms with E-state index >= 15 is 0 Å². The minimum absolute atomic E-state index is 0.413. The van der Waals surface area contributed by atoms with Crippen molar-refractivity contribution in [1.82, 2.24) is 0 Å². The van der Waals surface area contributed by atoms with Crippen LogP contribution in [0.4, 0.5) is 0 Å². The number of hydrogen-bond acceptors (Lipinski definition) is 2. The molecule has 0 heterocycles. The summed E-state index contributed by atoms with van der Waals surface area (Å²) in [6.45, 7) is 3.07. The minimum atomic E-state index is 0.413. The topological polar surface area (TPSA) is 35.2 Å². The molecule has 2 nitrogen and oxygen atoms in total. The Morgan fingerprint density at radius 3 is 2.55 bits per heavy atom. The summed E-state index contributed by atoms with van der Waals surface area (Å²) < 4.78 is 5.87. The van der Waals surface area contributed by atoms with Crippen LogP contribution >= 0.6 is 23.2 Å². The lowest BCUT2D eigenvalue weighted by molar-refractivity contribution is 0.303. The van der Waals surface area contributed by atoms with E-state index in [1.807, 2.05) is 24.3 Å². The van der Waals surface area contributed by atoms with Crippen LogP contribution in [0.2, 0.25) is 10.0 Å². The molecule has 2 aromatic carbocycles. The van der Waals surface area contributed by atoms with Crippen LogP contribution in [0.1, 0.15) is 16.7 Å². The predicted octanol–water partition coefficient (Wildman–Crippen LogP) is 4.38. The van der Waals surface area contributed by atoms with Gasteiger partial charge in [0, 0.05) is 15.6 Å². The summed E-state index contributed by atoms with van der Waals surface area (Å²) in [5.41, 5.74) is 8.87. The third-order valence-electron chi connectivity index (χ3n) is 3.03. The van der Waals surface area contributed by atoms with Gasteiger partial charge < -0.3 is 10.5 Å². The highest BCUT2D eigenvalue weighted by atomic mass is 35.5. The van der Waals surface area contributed by atoms with Crippen molar-refractivity contribution in [2.45, 2.75) is 20.0 Å². The van der Waals surface area contributed by atoms with E-state index in [-0.39, 0.29) is 0 Å². The van der Waals surface area contributed by atoms with Crippen LogP contribution in [0.15, 0.2) is 36.4 Å². The van der Waals surface area contributed by atoms with Gasteiger partial charge in [0.15, 0.2) is 0 Å². The number of halogens is 2. The number of ether oxygens (including phenoxy) is 1. The molecule has 2 N–H and O–H groups in total. The summed E-state index contributed by atoms with van der Waals surface area (Å²) in [7, 11) is 0. The molecule has 0 spiro atoms. The highest BCUT2D eigenvalue weighted by Gasteiger charge is 2.06.